The summed E-state index contributed by atoms with van der Waals surface area (Å²) < 4.78 is 26.9. The maximum Gasteiger partial charge on any atom is 0.309 e. The molecule has 2 aromatic carbocycles. The first-order chi connectivity index (χ1) is 12.5. The molecule has 0 bridgehead atoms. The van der Waals surface area contributed by atoms with Crippen LogP contribution in [-0.4, -0.2) is 29.1 Å². The smallest absolute Gasteiger partial charge is 0.309 e. The van der Waals surface area contributed by atoms with Gasteiger partial charge in [0.1, 0.15) is 11.6 Å². The number of nitrogens with zero attached hydrogens (tertiary/aromatic N) is 1. The van der Waals surface area contributed by atoms with Crippen LogP contribution < -0.4 is 0 Å². The summed E-state index contributed by atoms with van der Waals surface area (Å²) in [4.78, 5) is 13.2. The van der Waals surface area contributed by atoms with Crippen LogP contribution in [0.25, 0.3) is 0 Å². The van der Waals surface area contributed by atoms with Gasteiger partial charge in [0.05, 0.1) is 11.5 Å². The van der Waals surface area contributed by atoms with Crippen molar-refractivity contribution in [1.29, 1.82) is 0 Å². The van der Waals surface area contributed by atoms with Crippen LogP contribution in [0.1, 0.15) is 34.7 Å². The Hall–Kier alpha value is -2.71. The molecule has 1 N–H and O–H groups in total. The molecule has 0 aromatic heterocycles. The van der Waals surface area contributed by atoms with E-state index in [1.807, 2.05) is 18.2 Å². The van der Waals surface area contributed by atoms with Gasteiger partial charge in [-0.25, -0.2) is 8.78 Å². The van der Waals surface area contributed by atoms with E-state index in [4.69, 9.17) is 5.11 Å². The Morgan fingerprint density at radius 1 is 1.12 bits per heavy atom. The zero-order valence-electron chi connectivity index (χ0n) is 14.0. The van der Waals surface area contributed by atoms with E-state index in [9.17, 15) is 13.6 Å². The van der Waals surface area contributed by atoms with Crippen LogP contribution >= 0.6 is 0 Å². The third-order valence-corrected chi connectivity index (χ3v) is 5.16. The molecular formula is C21H17F2NO2. The predicted molar refractivity (Wildman–Crippen MR) is 92.5 cm³/mol. The van der Waals surface area contributed by atoms with Gasteiger partial charge in [-0.3, -0.25) is 9.69 Å². The Morgan fingerprint density at radius 2 is 1.92 bits per heavy atom. The van der Waals surface area contributed by atoms with Crippen LogP contribution in [0.5, 0.6) is 0 Å². The summed E-state index contributed by atoms with van der Waals surface area (Å²) >= 11 is 0. The standard InChI is InChI=1S/C21H17F2NO2/c22-17-5-7-19(23)15(10-17)3-1-13-2-6-18-14(9-13)4-8-20(18)24-11-16(12-24)21(25)26/h2,5-7,9-10,16,20H,4,8,11-12H2,(H,25,26). The molecule has 0 saturated carbocycles. The number of rotatable bonds is 2. The number of aliphatic carboxylic acids is 1. The molecule has 1 fully saturated rings. The van der Waals surface area contributed by atoms with Crippen molar-refractivity contribution in [2.24, 2.45) is 5.92 Å². The number of hydrogen-bond donors (Lipinski definition) is 1. The molecule has 0 amide bonds. The van der Waals surface area contributed by atoms with E-state index >= 15 is 0 Å². The number of fused-ring (bicyclic) bond motifs is 1. The van der Waals surface area contributed by atoms with Gasteiger partial charge in [-0.2, -0.15) is 0 Å². The first-order valence-electron chi connectivity index (χ1n) is 8.58. The summed E-state index contributed by atoms with van der Waals surface area (Å²) in [7, 11) is 0. The summed E-state index contributed by atoms with van der Waals surface area (Å²) in [6.07, 6.45) is 1.88. The molecule has 26 heavy (non-hydrogen) atoms. The number of benzene rings is 2. The van der Waals surface area contributed by atoms with Crippen LogP contribution in [0, 0.1) is 29.4 Å². The summed E-state index contributed by atoms with van der Waals surface area (Å²) in [5.74, 6) is 3.57. The lowest BCUT2D eigenvalue weighted by atomic mass is 9.95. The lowest BCUT2D eigenvalue weighted by molar-refractivity contribution is -0.148. The number of hydrogen-bond acceptors (Lipinski definition) is 2. The molecule has 3 nitrogen and oxygen atoms in total. The third-order valence-electron chi connectivity index (χ3n) is 5.16. The molecule has 2 aliphatic rings. The molecule has 0 spiro atoms. The van der Waals surface area contributed by atoms with E-state index < -0.39 is 17.6 Å². The predicted octanol–water partition coefficient (Wildman–Crippen LogP) is 3.37. The Balaban J connectivity index is 1.52. The normalized spacial score (nSPS) is 19.4. The van der Waals surface area contributed by atoms with Gasteiger partial charge in [0.15, 0.2) is 0 Å². The fourth-order valence-electron chi connectivity index (χ4n) is 3.71. The molecule has 5 heteroatoms. The van der Waals surface area contributed by atoms with Crippen molar-refractivity contribution < 1.29 is 18.7 Å². The van der Waals surface area contributed by atoms with Crippen LogP contribution in [-0.2, 0) is 11.2 Å². The molecule has 1 aliphatic heterocycles. The zero-order chi connectivity index (χ0) is 18.3. The largest absolute Gasteiger partial charge is 0.481 e. The van der Waals surface area contributed by atoms with Crippen LogP contribution in [0.15, 0.2) is 36.4 Å². The minimum Gasteiger partial charge on any atom is -0.481 e. The zero-order valence-corrected chi connectivity index (χ0v) is 14.0. The van der Waals surface area contributed by atoms with E-state index in [2.05, 4.69) is 16.7 Å². The van der Waals surface area contributed by atoms with Gasteiger partial charge >= 0.3 is 5.97 Å². The summed E-state index contributed by atoms with van der Waals surface area (Å²) in [6, 6.07) is 9.40. The second-order valence-electron chi connectivity index (χ2n) is 6.83. The van der Waals surface area contributed by atoms with Crippen molar-refractivity contribution in [2.45, 2.75) is 18.9 Å². The van der Waals surface area contributed by atoms with Gasteiger partial charge in [0.25, 0.3) is 0 Å². The highest BCUT2D eigenvalue weighted by atomic mass is 19.1. The average molecular weight is 353 g/mol. The molecule has 1 atom stereocenters. The topological polar surface area (TPSA) is 40.5 Å². The van der Waals surface area contributed by atoms with E-state index in [0.29, 0.717) is 13.1 Å². The van der Waals surface area contributed by atoms with Crippen LogP contribution in [0.4, 0.5) is 8.78 Å². The molecule has 4 rings (SSSR count). The van der Waals surface area contributed by atoms with Gasteiger partial charge in [-0.1, -0.05) is 17.9 Å². The Kier molecular flexibility index (Phi) is 4.21. The fourth-order valence-corrected chi connectivity index (χ4v) is 3.71. The molecule has 1 unspecified atom stereocenters. The van der Waals surface area contributed by atoms with Gasteiger partial charge in [-0.05, 0) is 54.3 Å². The fraction of sp³-hybridized carbons (Fsp3) is 0.286. The quantitative estimate of drug-likeness (QED) is 0.842. The van der Waals surface area contributed by atoms with Gasteiger partial charge in [-0.15, -0.1) is 0 Å². The Bertz CT molecular complexity index is 939. The second kappa shape index (κ2) is 6.54. The third kappa shape index (κ3) is 3.09. The van der Waals surface area contributed by atoms with Crippen molar-refractivity contribution in [2.75, 3.05) is 13.1 Å². The maximum absolute atomic E-state index is 13.6. The van der Waals surface area contributed by atoms with E-state index in [1.54, 1.807) is 0 Å². The second-order valence-corrected chi connectivity index (χ2v) is 6.83. The van der Waals surface area contributed by atoms with Crippen molar-refractivity contribution in [3.05, 3.63) is 70.3 Å². The first kappa shape index (κ1) is 16.7. The Labute approximate surface area is 150 Å². The van der Waals surface area contributed by atoms with Crippen molar-refractivity contribution in [3.63, 3.8) is 0 Å². The highest BCUT2D eigenvalue weighted by Crippen LogP contribution is 2.39. The average Bonchev–Trinajstić information content (AvgIpc) is 2.97. The monoisotopic (exact) mass is 353 g/mol. The number of halogens is 2. The first-order valence-corrected chi connectivity index (χ1v) is 8.58. The molecule has 1 heterocycles. The molecule has 1 saturated heterocycles. The highest BCUT2D eigenvalue weighted by Gasteiger charge is 2.39. The minimum absolute atomic E-state index is 0.0451. The number of carboxylic acids is 1. The SMILES string of the molecule is O=C(O)C1CN(C2CCc3cc(C#Cc4cc(F)ccc4F)ccc32)C1. The lowest BCUT2D eigenvalue weighted by Gasteiger charge is -2.41. The lowest BCUT2D eigenvalue weighted by Crippen LogP contribution is -2.51. The molecule has 1 aliphatic carbocycles. The van der Waals surface area contributed by atoms with Gasteiger partial charge in [0.2, 0.25) is 0 Å². The van der Waals surface area contributed by atoms with E-state index in [-0.39, 0.29) is 17.5 Å². The van der Waals surface area contributed by atoms with Crippen molar-refractivity contribution >= 4 is 5.97 Å². The summed E-state index contributed by atoms with van der Waals surface area (Å²) in [6.45, 7) is 1.19. The highest BCUT2D eigenvalue weighted by molar-refractivity contribution is 5.71. The maximum atomic E-state index is 13.6. The van der Waals surface area contributed by atoms with Crippen LogP contribution in [0.3, 0.4) is 0 Å². The number of carbonyl (C=O) groups is 1. The summed E-state index contributed by atoms with van der Waals surface area (Å²) in [5.41, 5.74) is 3.22. The van der Waals surface area contributed by atoms with Gasteiger partial charge in [0, 0.05) is 24.7 Å². The van der Waals surface area contributed by atoms with Crippen LogP contribution in [0.2, 0.25) is 0 Å². The van der Waals surface area contributed by atoms with Gasteiger partial charge < -0.3 is 5.11 Å². The van der Waals surface area contributed by atoms with Crippen molar-refractivity contribution in [1.82, 2.24) is 4.90 Å². The van der Waals surface area contributed by atoms with E-state index in [0.717, 1.165) is 36.6 Å². The molecule has 132 valence electrons. The number of aryl methyl sites for hydroxylation is 1. The number of carboxylic acid groups (broad SMARTS) is 1. The summed E-state index contributed by atoms with van der Waals surface area (Å²) in [5, 5.41) is 9.02. The van der Waals surface area contributed by atoms with E-state index in [1.165, 1.54) is 11.1 Å². The molecular weight excluding hydrogens is 336 g/mol. The van der Waals surface area contributed by atoms with Crippen molar-refractivity contribution in [3.8, 4) is 11.8 Å². The minimum atomic E-state index is -0.727. The molecule has 0 radical (unpaired) electrons. The Morgan fingerprint density at radius 3 is 2.69 bits per heavy atom. The number of likely N-dealkylation sites (tertiary alicyclic amines) is 1. The molecule has 2 aromatic rings.